The molecule has 4 nitrogen and oxygen atoms in total. The van der Waals surface area contributed by atoms with Gasteiger partial charge in [0.15, 0.2) is 11.6 Å². The summed E-state index contributed by atoms with van der Waals surface area (Å²) in [4.78, 5) is 9.36. The number of nitrogens with one attached hydrogen (secondary N) is 1. The van der Waals surface area contributed by atoms with Crippen LogP contribution in [-0.2, 0) is 6.42 Å². The zero-order chi connectivity index (χ0) is 19.2. The van der Waals surface area contributed by atoms with Gasteiger partial charge in [0.25, 0.3) is 0 Å². The van der Waals surface area contributed by atoms with Crippen molar-refractivity contribution in [3.05, 3.63) is 89.1 Å². The topological polar surface area (TPSA) is 50.2 Å². The zero-order valence-corrected chi connectivity index (χ0v) is 16.2. The predicted molar refractivity (Wildman–Crippen MR) is 113 cm³/mol. The molecule has 0 fully saturated rings. The average molecular weight is 377 g/mol. The van der Waals surface area contributed by atoms with Crippen LogP contribution in [0, 0.1) is 6.92 Å². The van der Waals surface area contributed by atoms with Crippen molar-refractivity contribution in [2.45, 2.75) is 20.3 Å². The van der Waals surface area contributed by atoms with E-state index in [1.807, 2.05) is 74.5 Å². The molecule has 1 aromatic heterocycles. The van der Waals surface area contributed by atoms with E-state index in [-0.39, 0.29) is 0 Å². The van der Waals surface area contributed by atoms with Gasteiger partial charge in [-0.05, 0) is 38.0 Å². The number of hydrogen-bond donors (Lipinski definition) is 1. The third-order valence-electron chi connectivity index (χ3n) is 4.19. The van der Waals surface area contributed by atoms with Crippen LogP contribution in [0.3, 0.4) is 0 Å². The molecule has 0 bridgehead atoms. The first-order chi connectivity index (χ1) is 13.1. The van der Waals surface area contributed by atoms with E-state index in [4.69, 9.17) is 16.6 Å². The second-order valence-corrected chi connectivity index (χ2v) is 6.57. The number of benzene rings is 2. The van der Waals surface area contributed by atoms with Gasteiger partial charge in [0.05, 0.1) is 5.71 Å². The summed E-state index contributed by atoms with van der Waals surface area (Å²) < 4.78 is 0. The Kier molecular flexibility index (Phi) is 5.99. The fourth-order valence-electron chi connectivity index (χ4n) is 2.69. The molecule has 0 aliphatic heterocycles. The summed E-state index contributed by atoms with van der Waals surface area (Å²) in [6.07, 6.45) is 2.51. The Balaban J connectivity index is 1.96. The number of halogens is 1. The smallest absolute Gasteiger partial charge is 0.161 e. The van der Waals surface area contributed by atoms with Gasteiger partial charge in [0.2, 0.25) is 0 Å². The maximum atomic E-state index is 5.96. The van der Waals surface area contributed by atoms with Crippen molar-refractivity contribution in [3.63, 3.8) is 0 Å². The van der Waals surface area contributed by atoms with Gasteiger partial charge in [-0.1, -0.05) is 60.1 Å². The van der Waals surface area contributed by atoms with Crippen LogP contribution in [0.1, 0.15) is 23.7 Å². The molecular weight excluding hydrogens is 356 g/mol. The van der Waals surface area contributed by atoms with Crippen LogP contribution in [0.15, 0.2) is 72.4 Å². The molecule has 2 aromatic carbocycles. The van der Waals surface area contributed by atoms with E-state index in [2.05, 4.69) is 22.1 Å². The molecule has 1 heterocycles. The lowest BCUT2D eigenvalue weighted by atomic mass is 10.1. The van der Waals surface area contributed by atoms with E-state index in [1.165, 1.54) is 0 Å². The summed E-state index contributed by atoms with van der Waals surface area (Å²) >= 11 is 5.96. The lowest BCUT2D eigenvalue weighted by molar-refractivity contribution is 1.03. The van der Waals surface area contributed by atoms with E-state index in [9.17, 15) is 0 Å². The van der Waals surface area contributed by atoms with Gasteiger partial charge in [0.1, 0.15) is 0 Å². The summed E-state index contributed by atoms with van der Waals surface area (Å²) in [6, 6.07) is 17.5. The first-order valence-electron chi connectivity index (χ1n) is 8.68. The molecule has 3 aromatic rings. The highest BCUT2D eigenvalue weighted by Gasteiger charge is 2.12. The Hall–Kier alpha value is -2.98. The lowest BCUT2D eigenvalue weighted by Crippen LogP contribution is -2.07. The van der Waals surface area contributed by atoms with Crippen LogP contribution in [0.4, 0.5) is 5.82 Å². The van der Waals surface area contributed by atoms with E-state index in [1.54, 1.807) is 0 Å². The number of allylic oxidation sites excluding steroid dienone is 1. The van der Waals surface area contributed by atoms with E-state index < -0.39 is 0 Å². The number of rotatable bonds is 6. The molecule has 5 heteroatoms. The van der Waals surface area contributed by atoms with Gasteiger partial charge in [0, 0.05) is 21.8 Å². The van der Waals surface area contributed by atoms with Crippen molar-refractivity contribution in [1.82, 2.24) is 9.97 Å². The van der Waals surface area contributed by atoms with Crippen LogP contribution in [0.2, 0.25) is 5.02 Å². The minimum Gasteiger partial charge on any atom is -0.261 e. The van der Waals surface area contributed by atoms with Crippen molar-refractivity contribution >= 4 is 23.1 Å². The zero-order valence-electron chi connectivity index (χ0n) is 15.4. The summed E-state index contributed by atoms with van der Waals surface area (Å²) in [5.74, 6) is 1.36. The molecule has 0 aliphatic rings. The maximum Gasteiger partial charge on any atom is 0.161 e. The lowest BCUT2D eigenvalue weighted by Gasteiger charge is -2.12. The molecule has 3 rings (SSSR count). The summed E-state index contributed by atoms with van der Waals surface area (Å²) in [5, 5.41) is 5.21. The second kappa shape index (κ2) is 8.60. The van der Waals surface area contributed by atoms with Crippen molar-refractivity contribution in [2.24, 2.45) is 5.10 Å². The Morgan fingerprint density at radius 2 is 1.81 bits per heavy atom. The SMILES string of the molecule is C=CCc1c(C)nc(-c2ccccc2)nc1N/N=C(\C)c1ccc(Cl)cc1. The quantitative estimate of drug-likeness (QED) is 0.342. The largest absolute Gasteiger partial charge is 0.261 e. The first kappa shape index (κ1) is 18.8. The Labute approximate surface area is 164 Å². The molecule has 0 spiro atoms. The van der Waals surface area contributed by atoms with Crippen LogP contribution in [0.5, 0.6) is 0 Å². The number of hydrogen-bond acceptors (Lipinski definition) is 4. The fourth-order valence-corrected chi connectivity index (χ4v) is 2.81. The number of aromatic nitrogens is 2. The van der Waals surface area contributed by atoms with E-state index >= 15 is 0 Å². The van der Waals surface area contributed by atoms with Gasteiger partial charge in [-0.2, -0.15) is 5.10 Å². The highest BCUT2D eigenvalue weighted by Crippen LogP contribution is 2.23. The van der Waals surface area contributed by atoms with Crippen molar-refractivity contribution in [2.75, 3.05) is 5.43 Å². The molecule has 0 atom stereocenters. The van der Waals surface area contributed by atoms with Gasteiger partial charge in [-0.25, -0.2) is 9.97 Å². The Morgan fingerprint density at radius 3 is 2.48 bits per heavy atom. The normalized spacial score (nSPS) is 11.3. The van der Waals surface area contributed by atoms with E-state index in [0.717, 1.165) is 28.1 Å². The molecule has 0 saturated carbocycles. The van der Waals surface area contributed by atoms with Crippen LogP contribution < -0.4 is 5.43 Å². The standard InChI is InChI=1S/C22H21ClN4/c1-4-8-20-16(3)24-21(18-9-6-5-7-10-18)25-22(20)27-26-15(2)17-11-13-19(23)14-12-17/h4-7,9-14H,1,8H2,2-3H3,(H,24,25,27)/b26-15+. The van der Waals surface area contributed by atoms with E-state index in [0.29, 0.717) is 23.1 Å². The van der Waals surface area contributed by atoms with Crippen molar-refractivity contribution in [3.8, 4) is 11.4 Å². The molecule has 0 aliphatic carbocycles. The molecule has 136 valence electrons. The Bertz CT molecular complexity index is 964. The highest BCUT2D eigenvalue weighted by molar-refractivity contribution is 6.30. The average Bonchev–Trinajstić information content (AvgIpc) is 2.69. The van der Waals surface area contributed by atoms with Crippen LogP contribution >= 0.6 is 11.6 Å². The monoisotopic (exact) mass is 376 g/mol. The summed E-state index contributed by atoms with van der Waals surface area (Å²) in [5.41, 5.74) is 7.81. The molecular formula is C22H21ClN4. The highest BCUT2D eigenvalue weighted by atomic mass is 35.5. The number of nitrogens with zero attached hydrogens (tertiary/aromatic N) is 3. The third-order valence-corrected chi connectivity index (χ3v) is 4.44. The van der Waals surface area contributed by atoms with Crippen LogP contribution in [-0.4, -0.2) is 15.7 Å². The van der Waals surface area contributed by atoms with Gasteiger partial charge in [-0.3, -0.25) is 5.43 Å². The minimum absolute atomic E-state index is 0.665. The number of aryl methyl sites for hydroxylation is 1. The van der Waals surface area contributed by atoms with Gasteiger partial charge >= 0.3 is 0 Å². The number of hydrazone groups is 1. The first-order valence-corrected chi connectivity index (χ1v) is 9.06. The van der Waals surface area contributed by atoms with Gasteiger partial charge in [-0.15, -0.1) is 6.58 Å². The van der Waals surface area contributed by atoms with Crippen molar-refractivity contribution in [1.29, 1.82) is 0 Å². The van der Waals surface area contributed by atoms with Crippen LogP contribution in [0.25, 0.3) is 11.4 Å². The molecule has 0 unspecified atom stereocenters. The molecule has 0 saturated heterocycles. The molecule has 27 heavy (non-hydrogen) atoms. The molecule has 1 N–H and O–H groups in total. The predicted octanol–water partition coefficient (Wildman–Crippen LogP) is 5.67. The third kappa shape index (κ3) is 4.60. The molecule has 0 amide bonds. The second-order valence-electron chi connectivity index (χ2n) is 6.13. The Morgan fingerprint density at radius 1 is 1.11 bits per heavy atom. The number of anilines is 1. The van der Waals surface area contributed by atoms with Crippen molar-refractivity contribution < 1.29 is 0 Å². The molecule has 0 radical (unpaired) electrons. The fraction of sp³-hybridized carbons (Fsp3) is 0.136. The maximum absolute atomic E-state index is 5.96. The summed E-state index contributed by atoms with van der Waals surface area (Å²) in [6.45, 7) is 7.76. The van der Waals surface area contributed by atoms with Gasteiger partial charge < -0.3 is 0 Å². The summed E-state index contributed by atoms with van der Waals surface area (Å²) in [7, 11) is 0. The minimum atomic E-state index is 0.665.